The molecule has 2 N–H and O–H groups in total. The lowest BCUT2D eigenvalue weighted by Crippen LogP contribution is -1.99. The second-order valence-corrected chi connectivity index (χ2v) is 12.0. The van der Waals surface area contributed by atoms with E-state index in [0.717, 1.165) is 67.2 Å². The summed E-state index contributed by atoms with van der Waals surface area (Å²) in [5.41, 5.74) is 18.4. The molecule has 0 bridgehead atoms. The molecule has 0 radical (unpaired) electrons. The maximum absolute atomic E-state index is 6.53. The summed E-state index contributed by atoms with van der Waals surface area (Å²) in [7, 11) is 0. The summed E-state index contributed by atoms with van der Waals surface area (Å²) < 4.78 is 6.53. The number of benzene rings is 6. The van der Waals surface area contributed by atoms with Crippen LogP contribution in [0.25, 0.3) is 67.1 Å². The number of anilines is 1. The number of aromatic nitrogens is 2. The fraction of sp³-hybridized carbons (Fsp3) is 0.0455. The first-order valence-corrected chi connectivity index (χ1v) is 16.2. The molecule has 1 atom stereocenters. The van der Waals surface area contributed by atoms with E-state index in [1.807, 2.05) is 60.7 Å². The maximum atomic E-state index is 6.53. The van der Waals surface area contributed by atoms with Gasteiger partial charge in [-0.15, -0.1) is 0 Å². The first-order valence-electron chi connectivity index (χ1n) is 16.2. The molecule has 0 spiro atoms. The number of nitrogens with two attached hydrogens (primary N) is 1. The van der Waals surface area contributed by atoms with Crippen LogP contribution in [-0.4, -0.2) is 9.97 Å². The lowest BCUT2D eigenvalue weighted by atomic mass is 9.90. The fourth-order valence-corrected chi connectivity index (χ4v) is 6.39. The Balaban J connectivity index is 1.17. The van der Waals surface area contributed by atoms with Crippen molar-refractivity contribution in [3.8, 4) is 56.2 Å². The Kier molecular flexibility index (Phi) is 7.60. The number of hydrogen-bond donors (Lipinski definition) is 1. The molecule has 2 aromatic heterocycles. The number of para-hydroxylation sites is 2. The highest BCUT2D eigenvalue weighted by molar-refractivity contribution is 5.99. The van der Waals surface area contributed by atoms with Crippen LogP contribution in [0.5, 0.6) is 0 Å². The molecule has 0 aliphatic heterocycles. The molecule has 4 nitrogen and oxygen atoms in total. The van der Waals surface area contributed by atoms with Crippen molar-refractivity contribution in [3.63, 3.8) is 0 Å². The molecular formula is C44H33N3O. The van der Waals surface area contributed by atoms with Gasteiger partial charge in [0.25, 0.3) is 0 Å². The molecule has 0 aliphatic rings. The predicted octanol–water partition coefficient (Wildman–Crippen LogP) is 11.3. The summed E-state index contributed by atoms with van der Waals surface area (Å²) in [5, 5.41) is 1.06. The molecule has 0 amide bonds. The topological polar surface area (TPSA) is 64.9 Å². The Morgan fingerprint density at radius 3 is 1.71 bits per heavy atom. The Hall–Kier alpha value is -6.26. The van der Waals surface area contributed by atoms with Crippen LogP contribution in [0.2, 0.25) is 0 Å². The van der Waals surface area contributed by atoms with Crippen molar-refractivity contribution in [1.82, 2.24) is 9.97 Å². The Morgan fingerprint density at radius 2 is 1.04 bits per heavy atom. The zero-order chi connectivity index (χ0) is 32.5. The van der Waals surface area contributed by atoms with Crippen molar-refractivity contribution < 1.29 is 4.42 Å². The zero-order valence-electron chi connectivity index (χ0n) is 26.5. The molecule has 0 saturated heterocycles. The number of fused-ring (bicyclic) bond motifs is 1. The molecule has 0 fully saturated rings. The Morgan fingerprint density at radius 1 is 0.521 bits per heavy atom. The van der Waals surface area contributed by atoms with Crippen LogP contribution in [0.15, 0.2) is 168 Å². The van der Waals surface area contributed by atoms with E-state index in [-0.39, 0.29) is 5.92 Å². The van der Waals surface area contributed by atoms with Crippen molar-refractivity contribution in [1.29, 1.82) is 0 Å². The average molecular weight is 620 g/mol. The van der Waals surface area contributed by atoms with Crippen LogP contribution in [0.4, 0.5) is 5.69 Å². The molecule has 4 heteroatoms. The minimum Gasteiger partial charge on any atom is -0.460 e. The molecule has 2 heterocycles. The highest BCUT2D eigenvalue weighted by Gasteiger charge is 2.23. The average Bonchev–Trinajstić information content (AvgIpc) is 3.55. The summed E-state index contributed by atoms with van der Waals surface area (Å²) in [6, 6.07) is 56.0. The molecular weight excluding hydrogens is 587 g/mol. The van der Waals surface area contributed by atoms with E-state index < -0.39 is 0 Å². The quantitative estimate of drug-likeness (QED) is 0.180. The first kappa shape index (κ1) is 29.2. The third kappa shape index (κ3) is 5.54. The van der Waals surface area contributed by atoms with Gasteiger partial charge >= 0.3 is 0 Å². The summed E-state index contributed by atoms with van der Waals surface area (Å²) in [4.78, 5) is 10.1. The first-order chi connectivity index (χ1) is 23.6. The van der Waals surface area contributed by atoms with Crippen molar-refractivity contribution in [2.24, 2.45) is 0 Å². The minimum atomic E-state index is -0.00924. The van der Waals surface area contributed by atoms with E-state index in [1.54, 1.807) is 0 Å². The van der Waals surface area contributed by atoms with Gasteiger partial charge in [0.05, 0.1) is 11.4 Å². The third-order valence-corrected chi connectivity index (χ3v) is 9.00. The molecule has 48 heavy (non-hydrogen) atoms. The number of rotatable bonds is 7. The standard InChI is InChI=1S/C44H33N3O/c1-29(43-42(36-16-8-10-18-38(36)45)37-17-9-11-19-41(37)48-43)30-20-24-33(25-21-30)39-28-40(47-44(46-39)35-14-6-3-7-15-35)34-26-22-32(23-27-34)31-12-4-2-5-13-31/h2-29H,45H2,1H3. The summed E-state index contributed by atoms with van der Waals surface area (Å²) in [5.74, 6) is 1.58. The fourth-order valence-electron chi connectivity index (χ4n) is 6.39. The number of nitrogen functional groups attached to an aromatic ring is 1. The van der Waals surface area contributed by atoms with E-state index in [2.05, 4.69) is 110 Å². The van der Waals surface area contributed by atoms with Crippen LogP contribution < -0.4 is 5.73 Å². The normalized spacial score (nSPS) is 11.9. The van der Waals surface area contributed by atoms with Crippen LogP contribution >= 0.6 is 0 Å². The van der Waals surface area contributed by atoms with E-state index >= 15 is 0 Å². The van der Waals surface area contributed by atoms with Gasteiger partial charge in [0.2, 0.25) is 0 Å². The van der Waals surface area contributed by atoms with Crippen LogP contribution in [0.1, 0.15) is 24.2 Å². The number of nitrogens with zero attached hydrogens (tertiary/aromatic N) is 2. The van der Waals surface area contributed by atoms with Crippen molar-refractivity contribution in [2.45, 2.75) is 12.8 Å². The molecule has 8 aromatic rings. The molecule has 0 aliphatic carbocycles. The molecule has 8 rings (SSSR count). The molecule has 1 unspecified atom stereocenters. The lowest BCUT2D eigenvalue weighted by molar-refractivity contribution is 0.534. The summed E-state index contributed by atoms with van der Waals surface area (Å²) >= 11 is 0. The minimum absolute atomic E-state index is 0.00924. The van der Waals surface area contributed by atoms with Crippen molar-refractivity contribution in [3.05, 3.63) is 175 Å². The van der Waals surface area contributed by atoms with Gasteiger partial charge in [0.1, 0.15) is 11.3 Å². The van der Waals surface area contributed by atoms with Gasteiger partial charge in [-0.2, -0.15) is 0 Å². The molecule has 6 aromatic carbocycles. The van der Waals surface area contributed by atoms with E-state index in [9.17, 15) is 0 Å². The number of hydrogen-bond acceptors (Lipinski definition) is 4. The zero-order valence-corrected chi connectivity index (χ0v) is 26.5. The van der Waals surface area contributed by atoms with Gasteiger partial charge in [-0.1, -0.05) is 153 Å². The van der Waals surface area contributed by atoms with Gasteiger partial charge < -0.3 is 10.2 Å². The Labute approximate surface area is 280 Å². The second kappa shape index (κ2) is 12.5. The van der Waals surface area contributed by atoms with E-state index in [4.69, 9.17) is 20.1 Å². The van der Waals surface area contributed by atoms with Crippen LogP contribution in [0.3, 0.4) is 0 Å². The smallest absolute Gasteiger partial charge is 0.160 e. The van der Waals surface area contributed by atoms with Crippen LogP contribution in [-0.2, 0) is 0 Å². The lowest BCUT2D eigenvalue weighted by Gasteiger charge is -2.14. The van der Waals surface area contributed by atoms with E-state index in [0.29, 0.717) is 5.82 Å². The van der Waals surface area contributed by atoms with E-state index in [1.165, 1.54) is 11.1 Å². The van der Waals surface area contributed by atoms with Gasteiger partial charge in [0, 0.05) is 44.8 Å². The largest absolute Gasteiger partial charge is 0.460 e. The van der Waals surface area contributed by atoms with Gasteiger partial charge in [-0.3, -0.25) is 0 Å². The van der Waals surface area contributed by atoms with Crippen molar-refractivity contribution in [2.75, 3.05) is 5.73 Å². The van der Waals surface area contributed by atoms with Gasteiger partial charge in [0.15, 0.2) is 5.82 Å². The van der Waals surface area contributed by atoms with Crippen LogP contribution in [0, 0.1) is 0 Å². The maximum Gasteiger partial charge on any atom is 0.160 e. The highest BCUT2D eigenvalue weighted by Crippen LogP contribution is 2.43. The SMILES string of the molecule is CC(c1ccc(-c2cc(-c3ccc(-c4ccccc4)cc3)nc(-c3ccccc3)n2)cc1)c1oc2ccccc2c1-c1ccccc1N. The summed E-state index contributed by atoms with van der Waals surface area (Å²) in [6.45, 7) is 2.19. The van der Waals surface area contributed by atoms with Gasteiger partial charge in [-0.25, -0.2) is 9.97 Å². The Bertz CT molecular complexity index is 2340. The molecule has 0 saturated carbocycles. The summed E-state index contributed by atoms with van der Waals surface area (Å²) in [6.07, 6.45) is 0. The molecule has 230 valence electrons. The monoisotopic (exact) mass is 619 g/mol. The third-order valence-electron chi connectivity index (χ3n) is 9.00. The predicted molar refractivity (Wildman–Crippen MR) is 197 cm³/mol. The van der Waals surface area contributed by atoms with Crippen molar-refractivity contribution >= 4 is 16.7 Å². The second-order valence-electron chi connectivity index (χ2n) is 12.0. The van der Waals surface area contributed by atoms with Gasteiger partial charge in [-0.05, 0) is 34.9 Å². The number of furan rings is 1. The highest BCUT2D eigenvalue weighted by atomic mass is 16.3.